The highest BCUT2D eigenvalue weighted by atomic mass is 16.2. The third kappa shape index (κ3) is 2.68. The van der Waals surface area contributed by atoms with Gasteiger partial charge in [-0.05, 0) is 13.8 Å². The first-order chi connectivity index (χ1) is 7.06. The van der Waals surface area contributed by atoms with Crippen LogP contribution in [0, 0.1) is 0 Å². The number of aryl methyl sites for hydroxylation is 1. The molecule has 1 atom stereocenters. The summed E-state index contributed by atoms with van der Waals surface area (Å²) in [6.07, 6.45) is 1.61. The molecule has 0 fully saturated rings. The minimum atomic E-state index is -0.140. The van der Waals surface area contributed by atoms with Crippen molar-refractivity contribution < 1.29 is 4.79 Å². The lowest BCUT2D eigenvalue weighted by Gasteiger charge is -2.19. The first-order valence-electron chi connectivity index (χ1n) is 4.91. The van der Waals surface area contributed by atoms with Crippen molar-refractivity contribution in [3.8, 4) is 0 Å². The van der Waals surface area contributed by atoms with Crippen molar-refractivity contribution in [3.63, 3.8) is 0 Å². The number of aromatic nitrogens is 3. The van der Waals surface area contributed by atoms with Gasteiger partial charge in [-0.1, -0.05) is 0 Å². The molecule has 0 bridgehead atoms. The van der Waals surface area contributed by atoms with Gasteiger partial charge in [-0.15, -0.1) is 10.2 Å². The van der Waals surface area contributed by atoms with Crippen LogP contribution in [0.2, 0.25) is 0 Å². The highest BCUT2D eigenvalue weighted by Gasteiger charge is 2.15. The highest BCUT2D eigenvalue weighted by Crippen LogP contribution is 2.07. The van der Waals surface area contributed by atoms with Crippen molar-refractivity contribution in [2.24, 2.45) is 7.05 Å². The summed E-state index contributed by atoms with van der Waals surface area (Å²) in [5.74, 6) is 0.743. The lowest BCUT2D eigenvalue weighted by atomic mass is 10.3. The van der Waals surface area contributed by atoms with E-state index in [1.54, 1.807) is 22.8 Å². The first kappa shape index (κ1) is 11.5. The zero-order chi connectivity index (χ0) is 11.4. The molecule has 6 heteroatoms. The Kier molecular flexibility index (Phi) is 3.65. The topological polar surface area (TPSA) is 63.1 Å². The fourth-order valence-corrected chi connectivity index (χ4v) is 1.19. The molecule has 0 aliphatic carbocycles. The Morgan fingerprint density at radius 1 is 1.73 bits per heavy atom. The van der Waals surface area contributed by atoms with Gasteiger partial charge in [0, 0.05) is 20.6 Å². The predicted molar refractivity (Wildman–Crippen MR) is 56.3 cm³/mol. The molecule has 1 aromatic heterocycles. The average Bonchev–Trinajstić information content (AvgIpc) is 2.63. The van der Waals surface area contributed by atoms with E-state index in [1.807, 2.05) is 20.9 Å². The van der Waals surface area contributed by atoms with Gasteiger partial charge in [-0.25, -0.2) is 4.79 Å². The Balaban J connectivity index is 2.60. The summed E-state index contributed by atoms with van der Waals surface area (Å²) in [7, 11) is 3.60. The van der Waals surface area contributed by atoms with E-state index in [0.29, 0.717) is 6.54 Å². The number of amides is 2. The Bertz CT molecular complexity index is 335. The van der Waals surface area contributed by atoms with E-state index in [2.05, 4.69) is 15.5 Å². The number of carbonyl (C=O) groups is 1. The minimum absolute atomic E-state index is 0.104. The lowest BCUT2D eigenvalue weighted by Crippen LogP contribution is -2.39. The van der Waals surface area contributed by atoms with Gasteiger partial charge in [-0.2, -0.15) is 0 Å². The highest BCUT2D eigenvalue weighted by molar-refractivity contribution is 5.74. The SMILES string of the molecule is CCN(C)C(=O)NC(C)c1nncn1C. The smallest absolute Gasteiger partial charge is 0.317 e. The van der Waals surface area contributed by atoms with E-state index in [1.165, 1.54) is 0 Å². The first-order valence-corrected chi connectivity index (χ1v) is 4.91. The van der Waals surface area contributed by atoms with Crippen LogP contribution in [0.5, 0.6) is 0 Å². The van der Waals surface area contributed by atoms with E-state index in [0.717, 1.165) is 5.82 Å². The van der Waals surface area contributed by atoms with Gasteiger partial charge in [-0.3, -0.25) is 0 Å². The molecule has 2 amide bonds. The van der Waals surface area contributed by atoms with Crippen molar-refractivity contribution in [1.29, 1.82) is 0 Å². The van der Waals surface area contributed by atoms with Crippen molar-refractivity contribution in [3.05, 3.63) is 12.2 Å². The Morgan fingerprint density at radius 3 is 2.87 bits per heavy atom. The quantitative estimate of drug-likeness (QED) is 0.793. The molecular formula is C9H17N5O. The van der Waals surface area contributed by atoms with Gasteiger partial charge in [0.25, 0.3) is 0 Å². The number of carbonyl (C=O) groups excluding carboxylic acids is 1. The summed E-state index contributed by atoms with van der Waals surface area (Å²) in [4.78, 5) is 13.2. The third-order valence-electron chi connectivity index (χ3n) is 2.29. The monoisotopic (exact) mass is 211 g/mol. The number of rotatable bonds is 3. The fourth-order valence-electron chi connectivity index (χ4n) is 1.19. The maximum absolute atomic E-state index is 11.5. The van der Waals surface area contributed by atoms with E-state index in [4.69, 9.17) is 0 Å². The van der Waals surface area contributed by atoms with Crippen LogP contribution in [0.1, 0.15) is 25.7 Å². The van der Waals surface area contributed by atoms with Gasteiger partial charge in [0.05, 0.1) is 6.04 Å². The maximum Gasteiger partial charge on any atom is 0.317 e. The molecule has 1 heterocycles. The molecule has 0 saturated heterocycles. The molecule has 0 aliphatic rings. The van der Waals surface area contributed by atoms with Crippen LogP contribution in [0.4, 0.5) is 4.79 Å². The largest absolute Gasteiger partial charge is 0.328 e. The van der Waals surface area contributed by atoms with Crippen LogP contribution in [-0.2, 0) is 7.05 Å². The summed E-state index contributed by atoms with van der Waals surface area (Å²) in [6, 6.07) is -0.244. The van der Waals surface area contributed by atoms with Crippen LogP contribution in [0.15, 0.2) is 6.33 Å². The summed E-state index contributed by atoms with van der Waals surface area (Å²) in [5, 5.41) is 10.5. The average molecular weight is 211 g/mol. The molecule has 15 heavy (non-hydrogen) atoms. The van der Waals surface area contributed by atoms with Gasteiger partial charge < -0.3 is 14.8 Å². The molecule has 0 saturated carbocycles. The number of nitrogens with zero attached hydrogens (tertiary/aromatic N) is 4. The zero-order valence-corrected chi connectivity index (χ0v) is 9.56. The Labute approximate surface area is 89.3 Å². The van der Waals surface area contributed by atoms with Crippen molar-refractivity contribution in [2.75, 3.05) is 13.6 Å². The van der Waals surface area contributed by atoms with Crippen LogP contribution >= 0.6 is 0 Å². The molecule has 0 aliphatic heterocycles. The second-order valence-electron chi connectivity index (χ2n) is 3.49. The van der Waals surface area contributed by atoms with E-state index in [-0.39, 0.29) is 12.1 Å². The number of urea groups is 1. The molecule has 6 nitrogen and oxygen atoms in total. The van der Waals surface area contributed by atoms with Crippen LogP contribution in [-0.4, -0.2) is 39.3 Å². The molecule has 1 aromatic rings. The number of hydrogen-bond donors (Lipinski definition) is 1. The van der Waals surface area contributed by atoms with E-state index >= 15 is 0 Å². The van der Waals surface area contributed by atoms with Crippen LogP contribution in [0.25, 0.3) is 0 Å². The van der Waals surface area contributed by atoms with Gasteiger partial charge in [0.2, 0.25) is 0 Å². The molecular weight excluding hydrogens is 194 g/mol. The predicted octanol–water partition coefficient (Wildman–Crippen LogP) is 0.537. The second-order valence-corrected chi connectivity index (χ2v) is 3.49. The van der Waals surface area contributed by atoms with Gasteiger partial charge in [0.1, 0.15) is 6.33 Å². The second kappa shape index (κ2) is 4.77. The molecule has 0 aromatic carbocycles. The van der Waals surface area contributed by atoms with Crippen molar-refractivity contribution in [2.45, 2.75) is 19.9 Å². The van der Waals surface area contributed by atoms with Crippen LogP contribution < -0.4 is 5.32 Å². The molecule has 0 radical (unpaired) electrons. The summed E-state index contributed by atoms with van der Waals surface area (Å²) < 4.78 is 1.79. The fraction of sp³-hybridized carbons (Fsp3) is 0.667. The van der Waals surface area contributed by atoms with Gasteiger partial charge in [0.15, 0.2) is 5.82 Å². The number of nitrogens with one attached hydrogen (secondary N) is 1. The lowest BCUT2D eigenvalue weighted by molar-refractivity contribution is 0.207. The molecule has 1 rings (SSSR count). The molecule has 0 spiro atoms. The van der Waals surface area contributed by atoms with Crippen molar-refractivity contribution >= 4 is 6.03 Å². The standard InChI is InChI=1S/C9H17N5O/c1-5-13(3)9(15)11-7(2)8-12-10-6-14(8)4/h6-7H,5H2,1-4H3,(H,11,15). The maximum atomic E-state index is 11.5. The normalized spacial score (nSPS) is 12.3. The van der Waals surface area contributed by atoms with Crippen molar-refractivity contribution in [1.82, 2.24) is 25.0 Å². The summed E-state index contributed by atoms with van der Waals surface area (Å²) in [5.41, 5.74) is 0. The third-order valence-corrected chi connectivity index (χ3v) is 2.29. The molecule has 84 valence electrons. The summed E-state index contributed by atoms with van der Waals surface area (Å²) in [6.45, 7) is 4.48. The van der Waals surface area contributed by atoms with Crippen LogP contribution in [0.3, 0.4) is 0 Å². The van der Waals surface area contributed by atoms with E-state index in [9.17, 15) is 4.79 Å². The summed E-state index contributed by atoms with van der Waals surface area (Å²) >= 11 is 0. The zero-order valence-electron chi connectivity index (χ0n) is 9.56. The van der Waals surface area contributed by atoms with Gasteiger partial charge >= 0.3 is 6.03 Å². The van der Waals surface area contributed by atoms with E-state index < -0.39 is 0 Å². The number of hydrogen-bond acceptors (Lipinski definition) is 3. The molecule has 1 unspecified atom stereocenters. The Hall–Kier alpha value is -1.59. The Morgan fingerprint density at radius 2 is 2.40 bits per heavy atom. The minimum Gasteiger partial charge on any atom is -0.328 e. The molecule has 1 N–H and O–H groups in total.